The first-order valence-corrected chi connectivity index (χ1v) is 9.59. The molecule has 130 valence electrons. The van der Waals surface area contributed by atoms with Crippen LogP contribution in [0.15, 0.2) is 15.6 Å². The maximum absolute atomic E-state index is 12.5. The first-order chi connectivity index (χ1) is 11.3. The van der Waals surface area contributed by atoms with Crippen LogP contribution in [0.3, 0.4) is 0 Å². The fourth-order valence-electron chi connectivity index (χ4n) is 3.11. The van der Waals surface area contributed by atoms with Crippen molar-refractivity contribution in [2.75, 3.05) is 19.3 Å². The number of likely N-dealkylation sites (tertiary alicyclic amines) is 1. The summed E-state index contributed by atoms with van der Waals surface area (Å²) in [5.41, 5.74) is 2.14. The number of aryl methyl sites for hydroxylation is 2. The molecule has 0 bridgehead atoms. The van der Waals surface area contributed by atoms with Gasteiger partial charge in [-0.2, -0.15) is 5.10 Å². The van der Waals surface area contributed by atoms with Crippen molar-refractivity contribution in [2.45, 2.75) is 37.5 Å². The molecule has 2 aromatic rings. The number of hydrogen-bond donors (Lipinski definition) is 1. The molecule has 1 amide bonds. The summed E-state index contributed by atoms with van der Waals surface area (Å²) in [7, 11) is -3.34. The summed E-state index contributed by atoms with van der Waals surface area (Å²) in [6.45, 7) is 4.68. The van der Waals surface area contributed by atoms with Crippen molar-refractivity contribution in [2.24, 2.45) is 0 Å². The van der Waals surface area contributed by atoms with Crippen molar-refractivity contribution in [3.63, 3.8) is 0 Å². The second-order valence-corrected chi connectivity index (χ2v) is 8.21. The number of aromatic nitrogens is 3. The maximum Gasteiger partial charge on any atom is 0.227 e. The van der Waals surface area contributed by atoms with Gasteiger partial charge >= 0.3 is 0 Å². The second-order valence-electron chi connectivity index (χ2n) is 6.22. The molecule has 24 heavy (non-hydrogen) atoms. The molecule has 0 saturated carbocycles. The molecule has 3 heterocycles. The monoisotopic (exact) mass is 352 g/mol. The summed E-state index contributed by atoms with van der Waals surface area (Å²) in [6, 6.07) is 0. The number of aromatic amines is 1. The molecule has 1 aliphatic rings. The summed E-state index contributed by atoms with van der Waals surface area (Å²) < 4.78 is 28.7. The third kappa shape index (κ3) is 3.08. The van der Waals surface area contributed by atoms with E-state index in [2.05, 4.69) is 15.4 Å². The van der Waals surface area contributed by atoms with E-state index in [1.54, 1.807) is 11.8 Å². The van der Waals surface area contributed by atoms with Crippen LogP contribution in [-0.2, 0) is 21.1 Å². The molecule has 1 saturated heterocycles. The fraction of sp³-hybridized carbons (Fsp3) is 0.533. The van der Waals surface area contributed by atoms with Gasteiger partial charge in [0, 0.05) is 30.8 Å². The van der Waals surface area contributed by atoms with E-state index in [9.17, 15) is 13.2 Å². The summed E-state index contributed by atoms with van der Waals surface area (Å²) in [5, 5.41) is 10.5. The van der Waals surface area contributed by atoms with Gasteiger partial charge in [0.2, 0.25) is 5.91 Å². The van der Waals surface area contributed by atoms with Crippen LogP contribution in [0.4, 0.5) is 0 Å². The highest BCUT2D eigenvalue weighted by atomic mass is 32.2. The van der Waals surface area contributed by atoms with Gasteiger partial charge < -0.3 is 9.42 Å². The topological polar surface area (TPSA) is 109 Å². The van der Waals surface area contributed by atoms with E-state index >= 15 is 0 Å². The number of H-pyrrole nitrogens is 1. The van der Waals surface area contributed by atoms with E-state index in [1.807, 2.05) is 6.92 Å². The van der Waals surface area contributed by atoms with E-state index in [4.69, 9.17) is 4.52 Å². The minimum Gasteiger partial charge on any atom is -0.361 e. The van der Waals surface area contributed by atoms with Gasteiger partial charge in [0.25, 0.3) is 0 Å². The predicted octanol–water partition coefficient (Wildman–Crippen LogP) is 0.977. The Balaban J connectivity index is 1.72. The third-order valence-corrected chi connectivity index (χ3v) is 5.61. The van der Waals surface area contributed by atoms with Gasteiger partial charge in [-0.3, -0.25) is 9.89 Å². The largest absolute Gasteiger partial charge is 0.361 e. The Hall–Kier alpha value is -2.16. The molecule has 0 unspecified atom stereocenters. The van der Waals surface area contributed by atoms with Crippen molar-refractivity contribution in [3.05, 3.63) is 28.9 Å². The number of carbonyl (C=O) groups excluding carboxylic acids is 1. The van der Waals surface area contributed by atoms with Crippen LogP contribution < -0.4 is 0 Å². The quantitative estimate of drug-likeness (QED) is 0.878. The first kappa shape index (κ1) is 16.7. The lowest BCUT2D eigenvalue weighted by Gasteiger charge is -2.16. The molecule has 9 heteroatoms. The average Bonchev–Trinajstić information content (AvgIpc) is 3.20. The first-order valence-electron chi connectivity index (χ1n) is 7.70. The van der Waals surface area contributed by atoms with Crippen molar-refractivity contribution in [3.8, 4) is 0 Å². The smallest absolute Gasteiger partial charge is 0.227 e. The van der Waals surface area contributed by atoms with Gasteiger partial charge in [0.15, 0.2) is 9.84 Å². The number of carbonyl (C=O) groups is 1. The average molecular weight is 352 g/mol. The summed E-state index contributed by atoms with van der Waals surface area (Å²) in [6.07, 6.45) is 3.45. The molecule has 8 nitrogen and oxygen atoms in total. The molecule has 0 aromatic carbocycles. The number of amides is 1. The number of nitrogens with zero attached hydrogens (tertiary/aromatic N) is 3. The summed E-state index contributed by atoms with van der Waals surface area (Å²) in [5.74, 6) is 0.600. The molecule has 3 rings (SSSR count). The van der Waals surface area contributed by atoms with Gasteiger partial charge in [-0.15, -0.1) is 0 Å². The second kappa shape index (κ2) is 6.04. The van der Waals surface area contributed by atoms with Crippen LogP contribution in [0.5, 0.6) is 0 Å². The Morgan fingerprint density at radius 2 is 2.21 bits per heavy atom. The lowest BCUT2D eigenvalue weighted by atomic mass is 10.1. The van der Waals surface area contributed by atoms with E-state index < -0.39 is 9.84 Å². The predicted molar refractivity (Wildman–Crippen MR) is 85.3 cm³/mol. The van der Waals surface area contributed by atoms with Gasteiger partial charge in [0.05, 0.1) is 24.0 Å². The Kier molecular flexibility index (Phi) is 4.20. The minimum atomic E-state index is -3.34. The Morgan fingerprint density at radius 3 is 2.83 bits per heavy atom. The molecule has 0 aliphatic carbocycles. The molecule has 1 atom stereocenters. The Morgan fingerprint density at radius 1 is 1.46 bits per heavy atom. The standard InChI is InChI=1S/C15H20N4O4S/c1-9-12(10(2)23-18-9)6-14(20)19-5-4-11(8-19)15-13(7-16-17-15)24(3,21)22/h7,11H,4-6,8H2,1-3H3,(H,16,17)/t11-/m0/s1. The molecule has 0 radical (unpaired) electrons. The number of hydrogen-bond acceptors (Lipinski definition) is 6. The highest BCUT2D eigenvalue weighted by molar-refractivity contribution is 7.90. The number of nitrogens with one attached hydrogen (secondary N) is 1. The molecule has 2 aromatic heterocycles. The lowest BCUT2D eigenvalue weighted by molar-refractivity contribution is -0.129. The van der Waals surface area contributed by atoms with Crippen LogP contribution >= 0.6 is 0 Å². The summed E-state index contributed by atoms with van der Waals surface area (Å²) >= 11 is 0. The van der Waals surface area contributed by atoms with Crippen molar-refractivity contribution >= 4 is 15.7 Å². The van der Waals surface area contributed by atoms with Gasteiger partial charge in [-0.25, -0.2) is 8.42 Å². The molecular weight excluding hydrogens is 332 g/mol. The molecular formula is C15H20N4O4S. The Labute approximate surface area is 140 Å². The van der Waals surface area contributed by atoms with Gasteiger partial charge in [-0.1, -0.05) is 5.16 Å². The lowest BCUT2D eigenvalue weighted by Crippen LogP contribution is -2.30. The Bertz CT molecular complexity index is 848. The van der Waals surface area contributed by atoms with Crippen molar-refractivity contribution in [1.29, 1.82) is 0 Å². The normalized spacial score (nSPS) is 18.3. The SMILES string of the molecule is Cc1noc(C)c1CC(=O)N1CC[C@H](c2[nH]ncc2S(C)(=O)=O)C1. The molecule has 1 N–H and O–H groups in total. The maximum atomic E-state index is 12.5. The van der Waals surface area contributed by atoms with Crippen LogP contribution in [0.25, 0.3) is 0 Å². The van der Waals surface area contributed by atoms with E-state index in [0.29, 0.717) is 31.0 Å². The minimum absolute atomic E-state index is 0.00711. The van der Waals surface area contributed by atoms with Gasteiger partial charge in [0.1, 0.15) is 10.7 Å². The van der Waals surface area contributed by atoms with E-state index in [0.717, 1.165) is 17.5 Å². The molecule has 1 aliphatic heterocycles. The molecule has 1 fully saturated rings. The highest BCUT2D eigenvalue weighted by Crippen LogP contribution is 2.30. The van der Waals surface area contributed by atoms with E-state index in [1.165, 1.54) is 6.20 Å². The molecule has 0 spiro atoms. The fourth-order valence-corrected chi connectivity index (χ4v) is 3.97. The zero-order valence-electron chi connectivity index (χ0n) is 13.9. The van der Waals surface area contributed by atoms with Crippen molar-refractivity contribution < 1.29 is 17.7 Å². The number of rotatable bonds is 4. The zero-order chi connectivity index (χ0) is 17.5. The third-order valence-electron chi connectivity index (χ3n) is 4.49. The highest BCUT2D eigenvalue weighted by Gasteiger charge is 2.32. The van der Waals surface area contributed by atoms with Crippen LogP contribution in [0.2, 0.25) is 0 Å². The summed E-state index contributed by atoms with van der Waals surface area (Å²) in [4.78, 5) is 14.5. The van der Waals surface area contributed by atoms with Crippen molar-refractivity contribution in [1.82, 2.24) is 20.3 Å². The van der Waals surface area contributed by atoms with Crippen LogP contribution in [0.1, 0.15) is 35.1 Å². The van der Waals surface area contributed by atoms with Crippen LogP contribution in [-0.4, -0.2) is 53.9 Å². The van der Waals surface area contributed by atoms with Gasteiger partial charge in [-0.05, 0) is 20.3 Å². The van der Waals surface area contributed by atoms with Crippen LogP contribution in [0, 0.1) is 13.8 Å². The van der Waals surface area contributed by atoms with E-state index in [-0.39, 0.29) is 23.1 Å². The zero-order valence-corrected chi connectivity index (χ0v) is 14.7. The number of sulfone groups is 1.